The van der Waals surface area contributed by atoms with E-state index in [1.54, 1.807) is 72.8 Å². The minimum Gasteiger partial charge on any atom is -0.478 e. The zero-order valence-electron chi connectivity index (χ0n) is 40.5. The number of aromatic nitrogens is 4. The Balaban J connectivity index is 1.39. The Bertz CT molecular complexity index is 3720. The van der Waals surface area contributed by atoms with Gasteiger partial charge in [-0.2, -0.15) is 12.6 Å². The zero-order chi connectivity index (χ0) is 54.7. The van der Waals surface area contributed by atoms with Crippen LogP contribution in [0.3, 0.4) is 0 Å². The van der Waals surface area contributed by atoms with Crippen molar-refractivity contribution in [3.63, 3.8) is 0 Å². The molecule has 0 aliphatic carbocycles. The van der Waals surface area contributed by atoms with Crippen LogP contribution >= 0.6 is 12.6 Å². The van der Waals surface area contributed by atoms with Crippen molar-refractivity contribution in [1.29, 1.82) is 0 Å². The lowest BCUT2D eigenvalue weighted by atomic mass is 9.98. The van der Waals surface area contributed by atoms with Gasteiger partial charge in [-0.25, -0.2) is 38.7 Å². The molecule has 0 fully saturated rings. The average Bonchev–Trinajstić information content (AvgIpc) is 4.27. The molecule has 4 aromatic carbocycles. The van der Waals surface area contributed by atoms with E-state index < -0.39 is 35.8 Å². The number of nitrogens with zero attached hydrogens (tertiary/aromatic N) is 2. The van der Waals surface area contributed by atoms with Gasteiger partial charge < -0.3 is 45.9 Å². The van der Waals surface area contributed by atoms with Crippen LogP contribution in [0.4, 0.5) is 5.69 Å². The normalized spacial score (nSPS) is 11.6. The highest BCUT2D eigenvalue weighted by atomic mass is 32.1. The van der Waals surface area contributed by atoms with Crippen LogP contribution < -0.4 is 5.32 Å². The summed E-state index contributed by atoms with van der Waals surface area (Å²) in [4.78, 5) is 105. The number of carboxylic acid groups (broad SMARTS) is 6. The number of amides is 1. The summed E-state index contributed by atoms with van der Waals surface area (Å²) in [6, 6.07) is 24.4. The highest BCUT2D eigenvalue weighted by Gasteiger charge is 2.24. The first-order chi connectivity index (χ1) is 37.0. The van der Waals surface area contributed by atoms with Crippen molar-refractivity contribution in [1.82, 2.24) is 19.9 Å². The van der Waals surface area contributed by atoms with Crippen LogP contribution in [0.25, 0.3) is 90.9 Å². The van der Waals surface area contributed by atoms with E-state index in [0.717, 1.165) is 56.1 Å². The topological polar surface area (TPSA) is 310 Å². The van der Waals surface area contributed by atoms with Crippen LogP contribution in [0.1, 0.15) is 123 Å². The fourth-order valence-electron chi connectivity index (χ4n) is 9.35. The number of hydrogen-bond acceptors (Lipinski definition) is 10. The van der Waals surface area contributed by atoms with Crippen LogP contribution in [0, 0.1) is 0 Å². The van der Waals surface area contributed by atoms with E-state index in [1.807, 2.05) is 0 Å². The van der Waals surface area contributed by atoms with Crippen molar-refractivity contribution < 1.29 is 64.2 Å². The molecule has 77 heavy (non-hydrogen) atoms. The second-order valence-electron chi connectivity index (χ2n) is 18.1. The molecule has 0 radical (unpaired) electrons. The molecule has 0 spiro atoms. The lowest BCUT2D eigenvalue weighted by Gasteiger charge is -2.10. The zero-order valence-corrected chi connectivity index (χ0v) is 41.4. The number of carboxylic acids is 6. The Labute approximate surface area is 442 Å². The summed E-state index contributed by atoms with van der Waals surface area (Å²) in [5.74, 6) is -7.83. The number of anilines is 1. The van der Waals surface area contributed by atoms with E-state index in [4.69, 9.17) is 9.97 Å². The molecule has 5 heterocycles. The number of H-pyrrole nitrogens is 2. The van der Waals surface area contributed by atoms with Gasteiger partial charge in [0.05, 0.1) is 56.2 Å². The molecule has 7 aromatic rings. The van der Waals surface area contributed by atoms with Gasteiger partial charge in [-0.1, -0.05) is 31.4 Å². The predicted octanol–water partition coefficient (Wildman–Crippen LogP) is 11.7. The first kappa shape index (κ1) is 52.0. The Hall–Kier alpha value is -9.88. The third-order valence-corrected chi connectivity index (χ3v) is 13.2. The number of nitrogens with one attached hydrogen (secondary N) is 3. The van der Waals surface area contributed by atoms with Gasteiger partial charge in [0.1, 0.15) is 0 Å². The Morgan fingerprint density at radius 2 is 0.688 bits per heavy atom. The van der Waals surface area contributed by atoms with Gasteiger partial charge in [-0.05, 0) is 156 Å². The van der Waals surface area contributed by atoms with E-state index >= 15 is 0 Å². The summed E-state index contributed by atoms with van der Waals surface area (Å²) in [6.07, 6.45) is 11.5. The maximum Gasteiger partial charge on any atom is 0.335 e. The number of carbonyl (C=O) groups excluding carboxylic acids is 1. The van der Waals surface area contributed by atoms with E-state index in [0.29, 0.717) is 40.0 Å². The summed E-state index contributed by atoms with van der Waals surface area (Å²) in [6.45, 7) is 0. The number of carbonyl (C=O) groups is 7. The van der Waals surface area contributed by atoms with Gasteiger partial charge in [0.25, 0.3) is 0 Å². The Morgan fingerprint density at radius 1 is 0.390 bits per heavy atom. The smallest absolute Gasteiger partial charge is 0.335 e. The largest absolute Gasteiger partial charge is 0.478 e. The maximum atomic E-state index is 13.0. The minimum absolute atomic E-state index is 0.0721. The monoisotopic (exact) mass is 1050 g/mol. The highest BCUT2D eigenvalue weighted by Crippen LogP contribution is 2.40. The van der Waals surface area contributed by atoms with Gasteiger partial charge in [0.15, 0.2) is 0 Å². The number of aromatic amines is 2. The predicted molar refractivity (Wildman–Crippen MR) is 293 cm³/mol. The molecule has 1 amide bonds. The molecule has 18 nitrogen and oxygen atoms in total. The number of fused-ring (bicyclic) bond motifs is 8. The Morgan fingerprint density at radius 3 is 1.00 bits per heavy atom. The Kier molecular flexibility index (Phi) is 14.8. The molecule has 2 aliphatic heterocycles. The number of rotatable bonds is 18. The van der Waals surface area contributed by atoms with Gasteiger partial charge in [-0.15, -0.1) is 0 Å². The number of unbranched alkanes of at least 4 members (excludes halogenated alkanes) is 4. The molecule has 386 valence electrons. The average molecular weight is 1050 g/mol. The number of benzene rings is 4. The summed E-state index contributed by atoms with van der Waals surface area (Å²) >= 11 is 4.26. The SMILES string of the molecule is O=C(CCCCCCCS)Nc1ccc(-c2c3nc(c(-c4cc(C(=O)O)cc(C(=O)O)c4)c4ccc([nH]4)c(-c4cc(C(=O)O)cc(C(=O)O)c4)c4nc(c(-c5cc(C(=O)O)cc(C(=O)O)c5)c5ccc2[nH]5)C=C4)C=C3)cc1. The van der Waals surface area contributed by atoms with E-state index in [9.17, 15) is 64.2 Å². The van der Waals surface area contributed by atoms with Crippen LogP contribution in [0.5, 0.6) is 0 Å². The number of thiol groups is 1. The molecule has 9 N–H and O–H groups in total. The van der Waals surface area contributed by atoms with E-state index in [-0.39, 0.29) is 101 Å². The van der Waals surface area contributed by atoms with Gasteiger partial charge in [-0.3, -0.25) is 4.79 Å². The lowest BCUT2D eigenvalue weighted by molar-refractivity contribution is -0.116. The quantitative estimate of drug-likeness (QED) is 0.0282. The van der Waals surface area contributed by atoms with Crippen molar-refractivity contribution in [2.75, 3.05) is 11.1 Å². The molecular weight excluding hydrogens is 1010 g/mol. The van der Waals surface area contributed by atoms with Crippen LogP contribution in [-0.4, -0.2) is 98.1 Å². The standard InChI is InChI=1S/C58H45N5O13S/c64-48(6-4-2-1-3-5-19-77)59-39-9-7-29(8-10-39)49-40-11-13-42(60-40)50(30-20-33(53(65)66)26-34(21-30)54(67)68)44-15-17-46(62-44)52(32-24-37(57(73)74)28-38(25-32)58(75)76)47-18-16-45(63-47)51(43-14-12-41(49)61-43)31-22-35(55(69)70)27-36(23-31)56(71)72/h7-18,20-28,60,63,77H,1-6,19H2,(H,59,64)(H,65,66)(H,67,68)(H,69,70)(H,71,72)(H,73,74)(H,75,76). The molecule has 0 saturated carbocycles. The third kappa shape index (κ3) is 11.2. The van der Waals surface area contributed by atoms with Gasteiger partial charge in [0, 0.05) is 56.4 Å². The fraction of sp³-hybridized carbons (Fsp3) is 0.121. The third-order valence-electron chi connectivity index (χ3n) is 12.9. The minimum atomic E-state index is -1.44. The molecular formula is C58H45N5O13S. The van der Waals surface area contributed by atoms with Crippen molar-refractivity contribution in [2.24, 2.45) is 0 Å². The molecule has 3 aromatic heterocycles. The van der Waals surface area contributed by atoms with E-state index in [2.05, 4.69) is 27.9 Å². The van der Waals surface area contributed by atoms with Gasteiger partial charge >= 0.3 is 35.8 Å². The molecule has 9 rings (SSSR count). The summed E-state index contributed by atoms with van der Waals surface area (Å²) in [7, 11) is 0. The van der Waals surface area contributed by atoms with Crippen LogP contribution in [0.2, 0.25) is 0 Å². The van der Waals surface area contributed by atoms with Crippen molar-refractivity contribution in [3.8, 4) is 44.5 Å². The lowest BCUT2D eigenvalue weighted by Crippen LogP contribution is -2.10. The number of aromatic carboxylic acids is 6. The number of hydrogen-bond donors (Lipinski definition) is 10. The summed E-state index contributed by atoms with van der Waals surface area (Å²) < 4.78 is 0. The molecule has 0 unspecified atom stereocenters. The van der Waals surface area contributed by atoms with Crippen molar-refractivity contribution >= 4 is 106 Å². The van der Waals surface area contributed by atoms with Crippen molar-refractivity contribution in [2.45, 2.75) is 38.5 Å². The first-order valence-electron chi connectivity index (χ1n) is 24.0. The molecule has 0 atom stereocenters. The molecule has 19 heteroatoms. The summed E-state index contributed by atoms with van der Waals surface area (Å²) in [5.41, 5.74) is 2.56. The summed E-state index contributed by atoms with van der Waals surface area (Å²) in [5, 5.41) is 64.2. The molecule has 8 bridgehead atoms. The maximum absolute atomic E-state index is 13.0. The second-order valence-corrected chi connectivity index (χ2v) is 18.5. The van der Waals surface area contributed by atoms with E-state index in [1.165, 1.54) is 36.4 Å². The fourth-order valence-corrected chi connectivity index (χ4v) is 9.57. The highest BCUT2D eigenvalue weighted by molar-refractivity contribution is 7.80. The first-order valence-corrected chi connectivity index (χ1v) is 24.6. The molecule has 0 saturated heterocycles. The van der Waals surface area contributed by atoms with Crippen LogP contribution in [-0.2, 0) is 4.79 Å². The second kappa shape index (κ2) is 21.9. The van der Waals surface area contributed by atoms with Crippen LogP contribution in [0.15, 0.2) is 103 Å². The van der Waals surface area contributed by atoms with Gasteiger partial charge in [0.2, 0.25) is 5.91 Å². The van der Waals surface area contributed by atoms with Crippen molar-refractivity contribution in [3.05, 3.63) is 159 Å². The molecule has 2 aliphatic rings.